The highest BCUT2D eigenvalue weighted by molar-refractivity contribution is 8.00. The highest BCUT2D eigenvalue weighted by atomic mass is 32.2. The molecule has 0 aliphatic carbocycles. The Morgan fingerprint density at radius 1 is 1.09 bits per heavy atom. The third-order valence-electron chi connectivity index (χ3n) is 3.37. The highest BCUT2D eigenvalue weighted by Crippen LogP contribution is 2.36. The molecule has 0 spiro atoms. The Kier molecular flexibility index (Phi) is 5.53. The van der Waals surface area contributed by atoms with Crippen LogP contribution in [-0.2, 0) is 4.79 Å². The molecule has 2 N–H and O–H groups in total. The fourth-order valence-electron chi connectivity index (χ4n) is 2.31. The fourth-order valence-corrected chi connectivity index (χ4v) is 2.85. The molecule has 5 nitrogen and oxygen atoms in total. The van der Waals surface area contributed by atoms with Crippen molar-refractivity contribution in [3.05, 3.63) is 29.8 Å². The molecular weight excluding hydrogens is 331 g/mol. The van der Waals surface area contributed by atoms with Crippen molar-refractivity contribution in [2.24, 2.45) is 5.73 Å². The van der Waals surface area contributed by atoms with Crippen LogP contribution in [0, 0.1) is 0 Å². The van der Waals surface area contributed by atoms with Gasteiger partial charge in [0.1, 0.15) is 0 Å². The molecule has 1 aliphatic heterocycles. The van der Waals surface area contributed by atoms with Crippen LogP contribution < -0.4 is 5.73 Å². The van der Waals surface area contributed by atoms with Crippen molar-refractivity contribution in [1.29, 1.82) is 0 Å². The third-order valence-corrected chi connectivity index (χ3v) is 4.11. The number of rotatable bonds is 4. The Balaban J connectivity index is 1.92. The van der Waals surface area contributed by atoms with Gasteiger partial charge in [-0.3, -0.25) is 14.5 Å². The zero-order valence-electron chi connectivity index (χ0n) is 12.2. The van der Waals surface area contributed by atoms with E-state index in [1.807, 2.05) is 4.90 Å². The summed E-state index contributed by atoms with van der Waals surface area (Å²) in [5, 5.41) is 0. The van der Waals surface area contributed by atoms with Crippen LogP contribution in [0.25, 0.3) is 0 Å². The minimum absolute atomic E-state index is 0.0420. The van der Waals surface area contributed by atoms with Crippen LogP contribution in [0.5, 0.6) is 0 Å². The molecule has 1 aromatic rings. The summed E-state index contributed by atoms with van der Waals surface area (Å²) in [5.74, 6) is -0.644. The average Bonchev–Trinajstić information content (AvgIpc) is 2.46. The van der Waals surface area contributed by atoms with Crippen molar-refractivity contribution in [3.63, 3.8) is 0 Å². The lowest BCUT2D eigenvalue weighted by atomic mass is 10.2. The topological polar surface area (TPSA) is 66.6 Å². The summed E-state index contributed by atoms with van der Waals surface area (Å²) in [6, 6.07) is 5.36. The van der Waals surface area contributed by atoms with Crippen molar-refractivity contribution in [2.45, 2.75) is 10.4 Å². The van der Waals surface area contributed by atoms with Gasteiger partial charge in [0.15, 0.2) is 0 Å². The molecular formula is C14H16F3N3O2S. The largest absolute Gasteiger partial charge is 0.446 e. The molecule has 1 aliphatic rings. The number of benzene rings is 1. The molecule has 2 rings (SSSR count). The maximum Gasteiger partial charge on any atom is 0.446 e. The van der Waals surface area contributed by atoms with E-state index >= 15 is 0 Å². The predicted molar refractivity (Wildman–Crippen MR) is 79.9 cm³/mol. The van der Waals surface area contributed by atoms with E-state index in [2.05, 4.69) is 0 Å². The van der Waals surface area contributed by atoms with Crippen LogP contribution in [0.2, 0.25) is 0 Å². The van der Waals surface area contributed by atoms with Crippen LogP contribution >= 0.6 is 11.8 Å². The molecule has 1 heterocycles. The molecule has 126 valence electrons. The Bertz CT molecular complexity index is 570. The number of halogens is 3. The van der Waals surface area contributed by atoms with Crippen molar-refractivity contribution < 1.29 is 22.8 Å². The average molecular weight is 347 g/mol. The van der Waals surface area contributed by atoms with Crippen molar-refractivity contribution in [2.75, 3.05) is 32.7 Å². The van der Waals surface area contributed by atoms with Gasteiger partial charge in [-0.15, -0.1) is 0 Å². The number of piperazine rings is 1. The van der Waals surface area contributed by atoms with E-state index in [0.717, 1.165) is 0 Å². The second-order valence-electron chi connectivity index (χ2n) is 5.11. The van der Waals surface area contributed by atoms with Gasteiger partial charge in [0.25, 0.3) is 5.91 Å². The first-order valence-electron chi connectivity index (χ1n) is 6.90. The van der Waals surface area contributed by atoms with Crippen LogP contribution in [0.4, 0.5) is 13.2 Å². The zero-order chi connectivity index (χ0) is 17.0. The van der Waals surface area contributed by atoms with E-state index in [1.165, 1.54) is 24.3 Å². The first kappa shape index (κ1) is 17.6. The number of nitrogens with zero attached hydrogens (tertiary/aromatic N) is 2. The van der Waals surface area contributed by atoms with E-state index in [0.29, 0.717) is 31.7 Å². The van der Waals surface area contributed by atoms with Gasteiger partial charge in [0.2, 0.25) is 5.91 Å². The lowest BCUT2D eigenvalue weighted by Gasteiger charge is -2.34. The lowest BCUT2D eigenvalue weighted by Crippen LogP contribution is -2.50. The van der Waals surface area contributed by atoms with Gasteiger partial charge in [0.05, 0.1) is 6.54 Å². The van der Waals surface area contributed by atoms with E-state index in [4.69, 9.17) is 5.73 Å². The van der Waals surface area contributed by atoms with Gasteiger partial charge in [0, 0.05) is 36.6 Å². The van der Waals surface area contributed by atoms with Crippen LogP contribution in [-0.4, -0.2) is 59.8 Å². The predicted octanol–water partition coefficient (Wildman–Crippen LogP) is 1.54. The molecule has 0 aromatic heterocycles. The molecule has 9 heteroatoms. The Hall–Kier alpha value is -1.74. The number of thioether (sulfide) groups is 1. The van der Waals surface area contributed by atoms with E-state index in [-0.39, 0.29) is 29.1 Å². The second kappa shape index (κ2) is 7.22. The van der Waals surface area contributed by atoms with Gasteiger partial charge >= 0.3 is 5.51 Å². The molecule has 23 heavy (non-hydrogen) atoms. The van der Waals surface area contributed by atoms with E-state index < -0.39 is 11.4 Å². The van der Waals surface area contributed by atoms with Crippen molar-refractivity contribution >= 4 is 23.6 Å². The Labute approximate surface area is 135 Å². The fraction of sp³-hybridized carbons (Fsp3) is 0.429. The SMILES string of the molecule is NC(=O)CN1CCN(C(=O)c2ccc(SC(F)(F)F)cc2)CC1. The number of hydrogen-bond donors (Lipinski definition) is 1. The normalized spacial score (nSPS) is 16.4. The summed E-state index contributed by atoms with van der Waals surface area (Å²) in [6.45, 7) is 2.13. The molecule has 1 fully saturated rings. The van der Waals surface area contributed by atoms with Gasteiger partial charge in [-0.25, -0.2) is 0 Å². The smallest absolute Gasteiger partial charge is 0.369 e. The summed E-state index contributed by atoms with van der Waals surface area (Å²) < 4.78 is 36.8. The number of amides is 2. The first-order chi connectivity index (χ1) is 10.7. The molecule has 0 radical (unpaired) electrons. The minimum Gasteiger partial charge on any atom is -0.369 e. The summed E-state index contributed by atoms with van der Waals surface area (Å²) >= 11 is -0.213. The van der Waals surface area contributed by atoms with Crippen LogP contribution in [0.3, 0.4) is 0 Å². The van der Waals surface area contributed by atoms with Gasteiger partial charge in [-0.2, -0.15) is 13.2 Å². The molecule has 0 bridgehead atoms. The van der Waals surface area contributed by atoms with Crippen molar-refractivity contribution in [3.8, 4) is 0 Å². The minimum atomic E-state index is -4.34. The molecule has 2 amide bonds. The quantitative estimate of drug-likeness (QED) is 0.839. The number of alkyl halides is 3. The molecule has 0 unspecified atom stereocenters. The lowest BCUT2D eigenvalue weighted by molar-refractivity contribution is -0.119. The maximum absolute atomic E-state index is 12.3. The maximum atomic E-state index is 12.3. The monoisotopic (exact) mass is 347 g/mol. The van der Waals surface area contributed by atoms with Crippen LogP contribution in [0.1, 0.15) is 10.4 Å². The Morgan fingerprint density at radius 2 is 1.65 bits per heavy atom. The number of hydrogen-bond acceptors (Lipinski definition) is 4. The van der Waals surface area contributed by atoms with Gasteiger partial charge < -0.3 is 10.6 Å². The summed E-state index contributed by atoms with van der Waals surface area (Å²) in [6.07, 6.45) is 0. The summed E-state index contributed by atoms with van der Waals surface area (Å²) in [4.78, 5) is 26.7. The Morgan fingerprint density at radius 3 is 2.13 bits per heavy atom. The first-order valence-corrected chi connectivity index (χ1v) is 7.72. The van der Waals surface area contributed by atoms with Crippen molar-refractivity contribution in [1.82, 2.24) is 9.80 Å². The zero-order valence-corrected chi connectivity index (χ0v) is 13.0. The highest BCUT2D eigenvalue weighted by Gasteiger charge is 2.29. The standard InChI is InChI=1S/C14H16F3N3O2S/c15-14(16,17)23-11-3-1-10(2-4-11)13(22)20-7-5-19(6-8-20)9-12(18)21/h1-4H,5-9H2,(H2,18,21). The second-order valence-corrected chi connectivity index (χ2v) is 6.25. The molecule has 0 atom stereocenters. The molecule has 1 aromatic carbocycles. The van der Waals surface area contributed by atoms with E-state index in [9.17, 15) is 22.8 Å². The summed E-state index contributed by atoms with van der Waals surface area (Å²) in [7, 11) is 0. The van der Waals surface area contributed by atoms with Gasteiger partial charge in [-0.1, -0.05) is 0 Å². The molecule has 1 saturated heterocycles. The van der Waals surface area contributed by atoms with Gasteiger partial charge in [-0.05, 0) is 36.0 Å². The number of carbonyl (C=O) groups is 2. The van der Waals surface area contributed by atoms with E-state index in [1.54, 1.807) is 4.90 Å². The number of carbonyl (C=O) groups excluding carboxylic acids is 2. The number of nitrogens with two attached hydrogens (primary N) is 1. The molecule has 0 saturated carbocycles. The summed E-state index contributed by atoms with van der Waals surface area (Å²) in [5.41, 5.74) is 1.13. The number of primary amides is 1. The van der Waals surface area contributed by atoms with Crippen LogP contribution in [0.15, 0.2) is 29.2 Å². The third kappa shape index (κ3) is 5.43.